The molecule has 2 aromatic heterocycles. The van der Waals surface area contributed by atoms with Gasteiger partial charge in [-0.2, -0.15) is 5.10 Å². The first-order valence-corrected chi connectivity index (χ1v) is 6.30. The normalized spacial score (nSPS) is 24.1. The van der Waals surface area contributed by atoms with E-state index < -0.39 is 0 Å². The zero-order valence-corrected chi connectivity index (χ0v) is 10.7. The third-order valence-electron chi connectivity index (χ3n) is 3.78. The molecule has 2 unspecified atom stereocenters. The molecule has 0 spiro atoms. The molecule has 0 amide bonds. The molecule has 1 saturated heterocycles. The zero-order chi connectivity index (χ0) is 12.7. The van der Waals surface area contributed by atoms with E-state index in [9.17, 15) is 0 Å². The van der Waals surface area contributed by atoms with Gasteiger partial charge < -0.3 is 10.6 Å². The molecule has 6 heteroatoms. The van der Waals surface area contributed by atoms with Crippen molar-refractivity contribution in [1.82, 2.24) is 19.7 Å². The van der Waals surface area contributed by atoms with Crippen LogP contribution in [0.5, 0.6) is 0 Å². The monoisotopic (exact) mass is 246 g/mol. The lowest BCUT2D eigenvalue weighted by Gasteiger charge is -2.22. The van der Waals surface area contributed by atoms with Crippen molar-refractivity contribution in [2.45, 2.75) is 19.4 Å². The molecule has 6 nitrogen and oxygen atoms in total. The topological polar surface area (TPSA) is 72.9 Å². The third kappa shape index (κ3) is 1.64. The summed E-state index contributed by atoms with van der Waals surface area (Å²) in [5.74, 6) is 1.54. The van der Waals surface area contributed by atoms with E-state index in [1.165, 1.54) is 0 Å². The molecule has 0 radical (unpaired) electrons. The Kier molecular flexibility index (Phi) is 2.66. The molecule has 18 heavy (non-hydrogen) atoms. The molecule has 3 heterocycles. The summed E-state index contributed by atoms with van der Waals surface area (Å²) < 4.78 is 1.78. The molecular weight excluding hydrogens is 228 g/mol. The molecule has 3 rings (SSSR count). The summed E-state index contributed by atoms with van der Waals surface area (Å²) in [6.45, 7) is 3.93. The van der Waals surface area contributed by atoms with Gasteiger partial charge in [0.05, 0.1) is 11.6 Å². The summed E-state index contributed by atoms with van der Waals surface area (Å²) in [5, 5.41) is 5.27. The van der Waals surface area contributed by atoms with Crippen molar-refractivity contribution in [3.8, 4) is 0 Å². The summed E-state index contributed by atoms with van der Waals surface area (Å²) >= 11 is 0. The van der Waals surface area contributed by atoms with Crippen LogP contribution in [0.4, 0.5) is 5.82 Å². The number of fused-ring (bicyclic) bond motifs is 1. The van der Waals surface area contributed by atoms with Gasteiger partial charge in [0.25, 0.3) is 0 Å². The Morgan fingerprint density at radius 1 is 1.44 bits per heavy atom. The number of aromatic nitrogens is 4. The van der Waals surface area contributed by atoms with Gasteiger partial charge >= 0.3 is 0 Å². The minimum absolute atomic E-state index is 0.469. The Balaban J connectivity index is 2.04. The van der Waals surface area contributed by atoms with Gasteiger partial charge in [-0.15, -0.1) is 0 Å². The van der Waals surface area contributed by atoms with Crippen LogP contribution in [0, 0.1) is 5.92 Å². The molecule has 0 saturated carbocycles. The largest absolute Gasteiger partial charge is 0.353 e. The highest BCUT2D eigenvalue weighted by atomic mass is 15.3. The number of hydrogen-bond acceptors (Lipinski definition) is 5. The number of anilines is 1. The maximum absolute atomic E-state index is 5.78. The summed E-state index contributed by atoms with van der Waals surface area (Å²) in [7, 11) is 1.90. The fraction of sp³-hybridized carbons (Fsp3) is 0.583. The summed E-state index contributed by atoms with van der Waals surface area (Å²) in [4.78, 5) is 11.0. The van der Waals surface area contributed by atoms with Gasteiger partial charge in [0.15, 0.2) is 5.65 Å². The van der Waals surface area contributed by atoms with Gasteiger partial charge in [-0.05, 0) is 25.8 Å². The summed E-state index contributed by atoms with van der Waals surface area (Å²) in [6, 6.07) is 0.469. The van der Waals surface area contributed by atoms with Crippen molar-refractivity contribution in [3.63, 3.8) is 0 Å². The molecule has 96 valence electrons. The van der Waals surface area contributed by atoms with Crippen molar-refractivity contribution >= 4 is 16.9 Å². The average Bonchev–Trinajstić information content (AvgIpc) is 2.93. The second-order valence-electron chi connectivity index (χ2n) is 5.04. The molecule has 2 aromatic rings. The van der Waals surface area contributed by atoms with Crippen LogP contribution >= 0.6 is 0 Å². The van der Waals surface area contributed by atoms with Crippen LogP contribution in [0.15, 0.2) is 12.5 Å². The molecule has 0 bridgehead atoms. The molecule has 2 atom stereocenters. The molecule has 2 N–H and O–H groups in total. The van der Waals surface area contributed by atoms with Crippen LogP contribution in [-0.2, 0) is 7.05 Å². The molecule has 0 aliphatic carbocycles. The standard InChI is InChI=1S/C12H18N6/c1-8-3-9(4-13)6-18(8)12-10-5-16-17(2)11(10)14-7-15-12/h5,7-9H,3-4,6,13H2,1-2H3. The van der Waals surface area contributed by atoms with Crippen LogP contribution in [0.3, 0.4) is 0 Å². The van der Waals surface area contributed by atoms with Crippen LogP contribution in [-0.4, -0.2) is 38.9 Å². The molecule has 1 aliphatic rings. The predicted molar refractivity (Wildman–Crippen MR) is 70.3 cm³/mol. The van der Waals surface area contributed by atoms with Crippen LogP contribution in [0.1, 0.15) is 13.3 Å². The summed E-state index contributed by atoms with van der Waals surface area (Å²) in [6.07, 6.45) is 4.58. The van der Waals surface area contributed by atoms with E-state index in [1.54, 1.807) is 11.0 Å². The first-order valence-electron chi connectivity index (χ1n) is 6.30. The fourth-order valence-electron chi connectivity index (χ4n) is 2.79. The first-order chi connectivity index (χ1) is 8.70. The Morgan fingerprint density at radius 3 is 3.00 bits per heavy atom. The Labute approximate surface area is 106 Å². The number of aryl methyl sites for hydroxylation is 1. The van der Waals surface area contributed by atoms with E-state index >= 15 is 0 Å². The van der Waals surface area contributed by atoms with Crippen molar-refractivity contribution in [3.05, 3.63) is 12.5 Å². The SMILES string of the molecule is CC1CC(CN)CN1c1ncnc2c1cnn2C. The molecule has 0 aromatic carbocycles. The smallest absolute Gasteiger partial charge is 0.163 e. The number of nitrogens with two attached hydrogens (primary N) is 1. The van der Waals surface area contributed by atoms with Gasteiger partial charge in [0.1, 0.15) is 12.1 Å². The van der Waals surface area contributed by atoms with Gasteiger partial charge in [-0.1, -0.05) is 0 Å². The van der Waals surface area contributed by atoms with E-state index in [1.807, 2.05) is 13.2 Å². The lowest BCUT2D eigenvalue weighted by atomic mass is 10.1. The maximum atomic E-state index is 5.78. The Hall–Kier alpha value is -1.69. The highest BCUT2D eigenvalue weighted by Crippen LogP contribution is 2.31. The molecule has 1 aliphatic heterocycles. The predicted octanol–water partition coefficient (Wildman–Crippen LogP) is 0.537. The number of rotatable bonds is 2. The van der Waals surface area contributed by atoms with Crippen molar-refractivity contribution in [2.75, 3.05) is 18.0 Å². The molecule has 1 fully saturated rings. The molecular formula is C12H18N6. The van der Waals surface area contributed by atoms with Gasteiger partial charge in [0.2, 0.25) is 0 Å². The number of hydrogen-bond donors (Lipinski definition) is 1. The minimum atomic E-state index is 0.469. The van der Waals surface area contributed by atoms with Gasteiger partial charge in [-0.25, -0.2) is 9.97 Å². The van der Waals surface area contributed by atoms with E-state index in [0.717, 1.165) is 36.4 Å². The van der Waals surface area contributed by atoms with E-state index in [4.69, 9.17) is 5.73 Å². The van der Waals surface area contributed by atoms with Gasteiger partial charge in [-0.3, -0.25) is 4.68 Å². The quantitative estimate of drug-likeness (QED) is 0.837. The first kappa shape index (κ1) is 11.4. The second kappa shape index (κ2) is 4.20. The van der Waals surface area contributed by atoms with Crippen molar-refractivity contribution in [1.29, 1.82) is 0 Å². The second-order valence-corrected chi connectivity index (χ2v) is 5.04. The third-order valence-corrected chi connectivity index (χ3v) is 3.78. The zero-order valence-electron chi connectivity index (χ0n) is 10.7. The van der Waals surface area contributed by atoms with Crippen LogP contribution < -0.4 is 10.6 Å². The fourth-order valence-corrected chi connectivity index (χ4v) is 2.79. The Bertz CT molecular complexity index is 563. The summed E-state index contributed by atoms with van der Waals surface area (Å²) in [5.41, 5.74) is 6.66. The highest BCUT2D eigenvalue weighted by Gasteiger charge is 2.30. The van der Waals surface area contributed by atoms with E-state index in [-0.39, 0.29) is 0 Å². The minimum Gasteiger partial charge on any atom is -0.353 e. The van der Waals surface area contributed by atoms with Crippen molar-refractivity contribution < 1.29 is 0 Å². The lowest BCUT2D eigenvalue weighted by molar-refractivity contribution is 0.579. The maximum Gasteiger partial charge on any atom is 0.163 e. The van der Waals surface area contributed by atoms with E-state index in [2.05, 4.69) is 26.9 Å². The van der Waals surface area contributed by atoms with E-state index in [0.29, 0.717) is 12.0 Å². The van der Waals surface area contributed by atoms with Crippen LogP contribution in [0.25, 0.3) is 11.0 Å². The highest BCUT2D eigenvalue weighted by molar-refractivity contribution is 5.86. The lowest BCUT2D eigenvalue weighted by Crippen LogP contribution is -2.28. The van der Waals surface area contributed by atoms with Crippen molar-refractivity contribution in [2.24, 2.45) is 18.7 Å². The average molecular weight is 246 g/mol. The number of nitrogens with zero attached hydrogens (tertiary/aromatic N) is 5. The van der Waals surface area contributed by atoms with Crippen LogP contribution in [0.2, 0.25) is 0 Å². The van der Waals surface area contributed by atoms with Gasteiger partial charge in [0, 0.05) is 19.6 Å². The Morgan fingerprint density at radius 2 is 2.28 bits per heavy atom.